The van der Waals surface area contributed by atoms with Gasteiger partial charge in [-0.1, -0.05) is 31.2 Å². The van der Waals surface area contributed by atoms with Crippen molar-refractivity contribution in [2.75, 3.05) is 6.54 Å². The fraction of sp³-hybridized carbons (Fsp3) is 0.263. The van der Waals surface area contributed by atoms with Gasteiger partial charge in [0.25, 0.3) is 5.91 Å². The molecule has 0 bridgehead atoms. The maximum atomic E-state index is 12.8. The minimum atomic E-state index is -1.05. The molecular weight excluding hydrogens is 306 g/mol. The predicted molar refractivity (Wildman–Crippen MR) is 91.3 cm³/mol. The number of carboxylic acid groups (broad SMARTS) is 1. The number of carbonyl (C=O) groups is 2. The number of hydrogen-bond acceptors (Lipinski definition) is 3. The molecule has 5 heteroatoms. The number of amides is 1. The minimum absolute atomic E-state index is 0.125. The van der Waals surface area contributed by atoms with Crippen LogP contribution in [0.5, 0.6) is 5.75 Å². The van der Waals surface area contributed by atoms with E-state index in [9.17, 15) is 19.8 Å². The Hall–Kier alpha value is -2.82. The van der Waals surface area contributed by atoms with E-state index in [1.54, 1.807) is 48.2 Å². The van der Waals surface area contributed by atoms with Crippen LogP contribution in [-0.4, -0.2) is 33.5 Å². The molecule has 0 spiro atoms. The lowest BCUT2D eigenvalue weighted by molar-refractivity contribution is 0.0696. The molecule has 0 aromatic heterocycles. The van der Waals surface area contributed by atoms with Crippen LogP contribution >= 0.6 is 0 Å². The number of carbonyl (C=O) groups excluding carboxylic acids is 1. The standard InChI is InChI=1S/C19H21NO4/c1-3-10-20(12-15-6-4-5-7-17(15)21)18(22)14-9-8-13(2)16(11-14)19(23)24/h4-9,11,21H,3,10,12H2,1-2H3,(H,23,24). The molecule has 1 amide bonds. The average molecular weight is 327 g/mol. The largest absolute Gasteiger partial charge is 0.508 e. The minimum Gasteiger partial charge on any atom is -0.508 e. The van der Waals surface area contributed by atoms with Crippen LogP contribution in [0.2, 0.25) is 0 Å². The summed E-state index contributed by atoms with van der Waals surface area (Å²) < 4.78 is 0. The third kappa shape index (κ3) is 3.93. The number of para-hydroxylation sites is 1. The van der Waals surface area contributed by atoms with Gasteiger partial charge in [-0.3, -0.25) is 4.79 Å². The SMILES string of the molecule is CCCN(Cc1ccccc1O)C(=O)c1ccc(C)c(C(=O)O)c1. The summed E-state index contributed by atoms with van der Waals surface area (Å²) in [5.74, 6) is -1.16. The van der Waals surface area contributed by atoms with E-state index in [-0.39, 0.29) is 23.8 Å². The van der Waals surface area contributed by atoms with Crippen LogP contribution in [-0.2, 0) is 6.54 Å². The summed E-state index contributed by atoms with van der Waals surface area (Å²) in [7, 11) is 0. The second-order valence-corrected chi connectivity index (χ2v) is 5.69. The van der Waals surface area contributed by atoms with Crippen LogP contribution < -0.4 is 0 Å². The van der Waals surface area contributed by atoms with Gasteiger partial charge in [-0.25, -0.2) is 4.79 Å². The third-order valence-electron chi connectivity index (χ3n) is 3.85. The number of rotatable bonds is 6. The predicted octanol–water partition coefficient (Wildman–Crippen LogP) is 3.45. The Morgan fingerprint density at radius 2 is 1.83 bits per heavy atom. The third-order valence-corrected chi connectivity index (χ3v) is 3.85. The number of benzene rings is 2. The molecule has 2 aromatic carbocycles. The van der Waals surface area contributed by atoms with Gasteiger partial charge in [0.15, 0.2) is 0 Å². The van der Waals surface area contributed by atoms with Crippen LogP contribution in [0, 0.1) is 6.92 Å². The zero-order valence-corrected chi connectivity index (χ0v) is 13.8. The fourth-order valence-corrected chi connectivity index (χ4v) is 2.54. The van der Waals surface area contributed by atoms with E-state index >= 15 is 0 Å². The lowest BCUT2D eigenvalue weighted by atomic mass is 10.0. The Kier molecular flexibility index (Phi) is 5.58. The Morgan fingerprint density at radius 1 is 1.12 bits per heavy atom. The van der Waals surface area contributed by atoms with Gasteiger partial charge in [0.2, 0.25) is 0 Å². The van der Waals surface area contributed by atoms with Gasteiger partial charge in [0.05, 0.1) is 5.56 Å². The highest BCUT2D eigenvalue weighted by atomic mass is 16.4. The molecule has 0 aliphatic heterocycles. The Bertz CT molecular complexity index is 755. The molecule has 0 atom stereocenters. The Morgan fingerprint density at radius 3 is 2.46 bits per heavy atom. The maximum Gasteiger partial charge on any atom is 0.335 e. The Labute approximate surface area is 141 Å². The lowest BCUT2D eigenvalue weighted by Crippen LogP contribution is -2.31. The summed E-state index contributed by atoms with van der Waals surface area (Å²) >= 11 is 0. The quantitative estimate of drug-likeness (QED) is 0.852. The number of phenols is 1. The highest BCUT2D eigenvalue weighted by Gasteiger charge is 2.19. The van der Waals surface area contributed by atoms with Crippen molar-refractivity contribution in [2.45, 2.75) is 26.8 Å². The molecule has 2 N–H and O–H groups in total. The van der Waals surface area contributed by atoms with Crippen LogP contribution in [0.4, 0.5) is 0 Å². The zero-order valence-electron chi connectivity index (χ0n) is 13.8. The summed E-state index contributed by atoms with van der Waals surface area (Å²) in [6.45, 7) is 4.45. The first-order valence-corrected chi connectivity index (χ1v) is 7.84. The first-order chi connectivity index (χ1) is 11.4. The summed E-state index contributed by atoms with van der Waals surface area (Å²) in [6, 6.07) is 11.6. The van der Waals surface area contributed by atoms with Gasteiger partial charge in [-0.15, -0.1) is 0 Å². The van der Waals surface area contributed by atoms with E-state index < -0.39 is 5.97 Å². The number of nitrogens with zero attached hydrogens (tertiary/aromatic N) is 1. The molecule has 0 aliphatic carbocycles. The zero-order chi connectivity index (χ0) is 17.7. The van der Waals surface area contributed by atoms with E-state index in [1.165, 1.54) is 6.07 Å². The van der Waals surface area contributed by atoms with Crippen LogP contribution in [0.3, 0.4) is 0 Å². The molecule has 2 rings (SSSR count). The number of carboxylic acids is 1. The average Bonchev–Trinajstić information content (AvgIpc) is 2.56. The van der Waals surface area contributed by atoms with E-state index in [0.717, 1.165) is 6.42 Å². The van der Waals surface area contributed by atoms with Crippen molar-refractivity contribution in [3.8, 4) is 5.75 Å². The maximum absolute atomic E-state index is 12.8. The molecule has 0 fully saturated rings. The summed E-state index contributed by atoms with van der Waals surface area (Å²) in [5.41, 5.74) is 1.73. The second-order valence-electron chi connectivity index (χ2n) is 5.69. The molecule has 0 aliphatic rings. The van der Waals surface area contributed by atoms with E-state index in [0.29, 0.717) is 23.2 Å². The van der Waals surface area contributed by atoms with Crippen LogP contribution in [0.1, 0.15) is 45.2 Å². The molecule has 0 heterocycles. The number of aromatic carboxylic acids is 1. The molecule has 0 radical (unpaired) electrons. The molecule has 0 unspecified atom stereocenters. The van der Waals surface area contributed by atoms with E-state index in [4.69, 9.17) is 0 Å². The van der Waals surface area contributed by atoms with Gasteiger partial charge in [-0.05, 0) is 37.1 Å². The number of aromatic hydroxyl groups is 1. The molecule has 5 nitrogen and oxygen atoms in total. The number of hydrogen-bond donors (Lipinski definition) is 2. The summed E-state index contributed by atoms with van der Waals surface area (Å²) in [4.78, 5) is 25.7. The van der Waals surface area contributed by atoms with Gasteiger partial charge < -0.3 is 15.1 Å². The van der Waals surface area contributed by atoms with Gasteiger partial charge >= 0.3 is 5.97 Å². The van der Waals surface area contributed by atoms with Gasteiger partial charge in [0.1, 0.15) is 5.75 Å². The molecule has 0 saturated heterocycles. The number of phenolic OH excluding ortho intramolecular Hbond substituents is 1. The Balaban J connectivity index is 2.31. The molecule has 24 heavy (non-hydrogen) atoms. The highest BCUT2D eigenvalue weighted by Crippen LogP contribution is 2.20. The molecule has 126 valence electrons. The molecular formula is C19H21NO4. The van der Waals surface area contributed by atoms with Crippen molar-refractivity contribution >= 4 is 11.9 Å². The van der Waals surface area contributed by atoms with Crippen LogP contribution in [0.15, 0.2) is 42.5 Å². The lowest BCUT2D eigenvalue weighted by Gasteiger charge is -2.23. The second kappa shape index (κ2) is 7.64. The van der Waals surface area contributed by atoms with Crippen molar-refractivity contribution < 1.29 is 19.8 Å². The van der Waals surface area contributed by atoms with E-state index in [2.05, 4.69) is 0 Å². The fourth-order valence-electron chi connectivity index (χ4n) is 2.54. The molecule has 2 aromatic rings. The highest BCUT2D eigenvalue weighted by molar-refractivity contribution is 5.98. The smallest absolute Gasteiger partial charge is 0.335 e. The van der Waals surface area contributed by atoms with Crippen molar-refractivity contribution in [1.82, 2.24) is 4.90 Å². The normalized spacial score (nSPS) is 10.4. The van der Waals surface area contributed by atoms with Crippen molar-refractivity contribution in [2.24, 2.45) is 0 Å². The van der Waals surface area contributed by atoms with Crippen LogP contribution in [0.25, 0.3) is 0 Å². The van der Waals surface area contributed by atoms with Gasteiger partial charge in [0, 0.05) is 24.2 Å². The van der Waals surface area contributed by atoms with Gasteiger partial charge in [-0.2, -0.15) is 0 Å². The summed E-state index contributed by atoms with van der Waals surface area (Å²) in [5, 5.41) is 19.1. The van der Waals surface area contributed by atoms with Crippen molar-refractivity contribution in [3.05, 3.63) is 64.7 Å². The van der Waals surface area contributed by atoms with E-state index in [1.807, 2.05) is 6.92 Å². The monoisotopic (exact) mass is 327 g/mol. The first-order valence-electron chi connectivity index (χ1n) is 7.84. The molecule has 0 saturated carbocycles. The van der Waals surface area contributed by atoms with Crippen molar-refractivity contribution in [1.29, 1.82) is 0 Å². The topological polar surface area (TPSA) is 77.8 Å². The van der Waals surface area contributed by atoms with Crippen molar-refractivity contribution in [3.63, 3.8) is 0 Å². The first kappa shape index (κ1) is 17.5. The number of aryl methyl sites for hydroxylation is 1. The summed E-state index contributed by atoms with van der Waals surface area (Å²) in [6.07, 6.45) is 0.761.